The van der Waals surface area contributed by atoms with E-state index in [2.05, 4.69) is 5.10 Å². The molecule has 1 aromatic heterocycles. The third-order valence-corrected chi connectivity index (χ3v) is 2.45. The molecule has 0 amide bonds. The zero-order valence-corrected chi connectivity index (χ0v) is 9.32. The number of carbonyl (C=O) groups is 1. The second kappa shape index (κ2) is 4.10. The average Bonchev–Trinajstić information content (AvgIpc) is 2.68. The van der Waals surface area contributed by atoms with Crippen LogP contribution in [0, 0.1) is 11.6 Å². The number of anilines is 1. The maximum atomic E-state index is 13.2. The number of aromatic carboxylic acids is 1. The number of hydrogen-bond donors (Lipinski definition) is 2. The van der Waals surface area contributed by atoms with E-state index in [1.54, 1.807) is 0 Å². The Labute approximate surface area is 100 Å². The predicted octanol–water partition coefficient (Wildman–Crippen LogP) is 1.65. The molecule has 2 aromatic rings. The van der Waals surface area contributed by atoms with Gasteiger partial charge in [0.05, 0.1) is 11.4 Å². The summed E-state index contributed by atoms with van der Waals surface area (Å²) >= 11 is 0. The predicted molar refractivity (Wildman–Crippen MR) is 59.9 cm³/mol. The van der Waals surface area contributed by atoms with Gasteiger partial charge in [-0.05, 0) is 18.2 Å². The van der Waals surface area contributed by atoms with E-state index in [4.69, 9.17) is 10.8 Å². The quantitative estimate of drug-likeness (QED) is 0.797. The highest BCUT2D eigenvalue weighted by Crippen LogP contribution is 2.26. The van der Waals surface area contributed by atoms with Gasteiger partial charge < -0.3 is 10.8 Å². The molecule has 0 saturated carbocycles. The highest BCUT2D eigenvalue weighted by molar-refractivity contribution is 5.87. The normalized spacial score (nSPS) is 10.6. The van der Waals surface area contributed by atoms with Crippen molar-refractivity contribution in [3.05, 3.63) is 35.5 Å². The third-order valence-electron chi connectivity index (χ3n) is 2.45. The standard InChI is InChI=1S/C11H9F2N3O2/c1-16-9(4-8(15-16)11(17)18)5-2-6(12)10(13)7(14)3-5/h2-4H,14H2,1H3,(H,17,18). The van der Waals surface area contributed by atoms with Crippen LogP contribution in [0.5, 0.6) is 0 Å². The topological polar surface area (TPSA) is 81.1 Å². The molecular formula is C11H9F2N3O2. The van der Waals surface area contributed by atoms with Gasteiger partial charge in [-0.25, -0.2) is 13.6 Å². The summed E-state index contributed by atoms with van der Waals surface area (Å²) in [4.78, 5) is 10.8. The van der Waals surface area contributed by atoms with Crippen LogP contribution in [0.15, 0.2) is 18.2 Å². The molecule has 0 radical (unpaired) electrons. The molecule has 7 heteroatoms. The summed E-state index contributed by atoms with van der Waals surface area (Å²) in [6.07, 6.45) is 0. The maximum Gasteiger partial charge on any atom is 0.356 e. The first-order valence-electron chi connectivity index (χ1n) is 4.92. The molecule has 0 saturated heterocycles. The summed E-state index contributed by atoms with van der Waals surface area (Å²) in [5, 5.41) is 12.5. The Morgan fingerprint density at radius 1 is 1.39 bits per heavy atom. The van der Waals surface area contributed by atoms with Gasteiger partial charge in [-0.3, -0.25) is 4.68 Å². The molecule has 0 atom stereocenters. The van der Waals surface area contributed by atoms with E-state index < -0.39 is 17.6 Å². The van der Waals surface area contributed by atoms with Gasteiger partial charge in [0.1, 0.15) is 0 Å². The molecular weight excluding hydrogens is 244 g/mol. The smallest absolute Gasteiger partial charge is 0.356 e. The molecule has 94 valence electrons. The van der Waals surface area contributed by atoms with Crippen molar-refractivity contribution in [2.45, 2.75) is 0 Å². The van der Waals surface area contributed by atoms with Crippen LogP contribution < -0.4 is 5.73 Å². The minimum Gasteiger partial charge on any atom is -0.476 e. The lowest BCUT2D eigenvalue weighted by Crippen LogP contribution is -2.00. The molecule has 0 spiro atoms. The van der Waals surface area contributed by atoms with E-state index in [0.29, 0.717) is 5.69 Å². The van der Waals surface area contributed by atoms with Crippen molar-refractivity contribution in [2.75, 3.05) is 5.73 Å². The van der Waals surface area contributed by atoms with E-state index in [1.807, 2.05) is 0 Å². The fourth-order valence-electron chi connectivity index (χ4n) is 1.60. The number of nitrogens with two attached hydrogens (primary N) is 1. The molecule has 0 fully saturated rings. The first-order valence-corrected chi connectivity index (χ1v) is 4.92. The summed E-state index contributed by atoms with van der Waals surface area (Å²) in [5.74, 6) is -3.42. The molecule has 3 N–H and O–H groups in total. The molecule has 0 aliphatic rings. The monoisotopic (exact) mass is 253 g/mol. The number of carboxylic acid groups (broad SMARTS) is 1. The molecule has 0 unspecified atom stereocenters. The lowest BCUT2D eigenvalue weighted by Gasteiger charge is -2.04. The summed E-state index contributed by atoms with van der Waals surface area (Å²) in [7, 11) is 1.50. The van der Waals surface area contributed by atoms with Crippen LogP contribution in [0.25, 0.3) is 11.3 Å². The molecule has 0 aliphatic carbocycles. The van der Waals surface area contributed by atoms with Crippen molar-refractivity contribution in [2.24, 2.45) is 7.05 Å². The molecule has 18 heavy (non-hydrogen) atoms. The van der Waals surface area contributed by atoms with Crippen molar-refractivity contribution < 1.29 is 18.7 Å². The Bertz CT molecular complexity index is 614. The fraction of sp³-hybridized carbons (Fsp3) is 0.0909. The summed E-state index contributed by atoms with van der Waals surface area (Å²) in [5.41, 5.74) is 5.38. The number of hydrogen-bond acceptors (Lipinski definition) is 3. The van der Waals surface area contributed by atoms with Gasteiger partial charge in [-0.15, -0.1) is 0 Å². The van der Waals surface area contributed by atoms with E-state index in [-0.39, 0.29) is 16.9 Å². The minimum absolute atomic E-state index is 0.184. The van der Waals surface area contributed by atoms with Gasteiger partial charge in [-0.1, -0.05) is 0 Å². The van der Waals surface area contributed by atoms with Crippen LogP contribution in [-0.2, 0) is 7.05 Å². The average molecular weight is 253 g/mol. The minimum atomic E-state index is -1.20. The summed E-state index contributed by atoms with van der Waals surface area (Å²) < 4.78 is 27.5. The van der Waals surface area contributed by atoms with Crippen molar-refractivity contribution in [1.82, 2.24) is 9.78 Å². The number of rotatable bonds is 2. The summed E-state index contributed by atoms with van der Waals surface area (Å²) in [6.45, 7) is 0. The molecule has 0 bridgehead atoms. The van der Waals surface area contributed by atoms with E-state index in [0.717, 1.165) is 6.07 Å². The second-order valence-electron chi connectivity index (χ2n) is 3.70. The fourth-order valence-corrected chi connectivity index (χ4v) is 1.60. The lowest BCUT2D eigenvalue weighted by molar-refractivity contribution is 0.0689. The lowest BCUT2D eigenvalue weighted by atomic mass is 10.1. The molecule has 0 aliphatic heterocycles. The van der Waals surface area contributed by atoms with E-state index in [9.17, 15) is 13.6 Å². The van der Waals surface area contributed by atoms with Crippen LogP contribution in [0.4, 0.5) is 14.5 Å². The van der Waals surface area contributed by atoms with E-state index in [1.165, 1.54) is 23.9 Å². The van der Waals surface area contributed by atoms with Crippen molar-refractivity contribution in [3.8, 4) is 11.3 Å². The van der Waals surface area contributed by atoms with Crippen LogP contribution in [0.1, 0.15) is 10.5 Å². The number of carboxylic acids is 1. The van der Waals surface area contributed by atoms with E-state index >= 15 is 0 Å². The zero-order chi connectivity index (χ0) is 13.4. The van der Waals surface area contributed by atoms with Gasteiger partial charge in [-0.2, -0.15) is 5.10 Å². The van der Waals surface area contributed by atoms with Gasteiger partial charge in [0.2, 0.25) is 0 Å². The zero-order valence-electron chi connectivity index (χ0n) is 9.32. The van der Waals surface area contributed by atoms with Crippen LogP contribution >= 0.6 is 0 Å². The third kappa shape index (κ3) is 1.90. The van der Waals surface area contributed by atoms with Crippen molar-refractivity contribution in [1.29, 1.82) is 0 Å². The Hall–Kier alpha value is -2.44. The van der Waals surface area contributed by atoms with Crippen LogP contribution in [0.3, 0.4) is 0 Å². The Kier molecular flexibility index (Phi) is 2.74. The highest BCUT2D eigenvalue weighted by atomic mass is 19.2. The first-order chi connectivity index (χ1) is 8.40. The molecule has 1 heterocycles. The van der Waals surface area contributed by atoms with Crippen molar-refractivity contribution in [3.63, 3.8) is 0 Å². The number of nitrogens with zero attached hydrogens (tertiary/aromatic N) is 2. The van der Waals surface area contributed by atoms with Gasteiger partial charge >= 0.3 is 5.97 Å². The largest absolute Gasteiger partial charge is 0.476 e. The number of aromatic nitrogens is 2. The van der Waals surface area contributed by atoms with Gasteiger partial charge in [0, 0.05) is 12.6 Å². The first kappa shape index (κ1) is 12.0. The van der Waals surface area contributed by atoms with Gasteiger partial charge in [0.25, 0.3) is 0 Å². The van der Waals surface area contributed by atoms with Gasteiger partial charge in [0.15, 0.2) is 17.3 Å². The number of benzene rings is 1. The summed E-state index contributed by atoms with van der Waals surface area (Å²) in [6, 6.07) is 3.42. The Balaban J connectivity index is 2.58. The maximum absolute atomic E-state index is 13.2. The molecule has 5 nitrogen and oxygen atoms in total. The number of aryl methyl sites for hydroxylation is 1. The number of halogens is 2. The Morgan fingerprint density at radius 3 is 2.56 bits per heavy atom. The Morgan fingerprint density at radius 2 is 2.06 bits per heavy atom. The second-order valence-corrected chi connectivity index (χ2v) is 3.70. The van der Waals surface area contributed by atoms with Crippen LogP contribution in [0.2, 0.25) is 0 Å². The van der Waals surface area contributed by atoms with Crippen molar-refractivity contribution >= 4 is 11.7 Å². The molecule has 1 aromatic carbocycles. The number of nitrogen functional groups attached to an aromatic ring is 1. The highest BCUT2D eigenvalue weighted by Gasteiger charge is 2.15. The van der Waals surface area contributed by atoms with Crippen LogP contribution in [-0.4, -0.2) is 20.9 Å². The molecule has 2 rings (SSSR count). The SMILES string of the molecule is Cn1nc(C(=O)O)cc1-c1cc(N)c(F)c(F)c1.